The second-order valence-corrected chi connectivity index (χ2v) is 5.46. The van der Waals surface area contributed by atoms with E-state index in [1.54, 1.807) is 25.3 Å². The fourth-order valence-corrected chi connectivity index (χ4v) is 2.36. The van der Waals surface area contributed by atoms with Crippen LogP contribution in [0.5, 0.6) is 5.75 Å². The third-order valence-electron chi connectivity index (χ3n) is 3.66. The van der Waals surface area contributed by atoms with Gasteiger partial charge < -0.3 is 15.4 Å². The molecular formula is C19H21FN2O3. The molecule has 6 heteroatoms. The topological polar surface area (TPSA) is 67.4 Å². The molecule has 25 heavy (non-hydrogen) atoms. The molecule has 0 aliphatic carbocycles. The molecule has 0 saturated heterocycles. The molecule has 0 aliphatic rings. The fraction of sp³-hybridized carbons (Fsp3) is 0.263. The Labute approximate surface area is 146 Å². The Morgan fingerprint density at radius 1 is 0.960 bits per heavy atom. The van der Waals surface area contributed by atoms with Crippen LogP contribution in [0.25, 0.3) is 0 Å². The highest BCUT2D eigenvalue weighted by Gasteiger charge is 2.09. The number of para-hydroxylation sites is 1. The highest BCUT2D eigenvalue weighted by atomic mass is 19.1. The largest absolute Gasteiger partial charge is 0.496 e. The van der Waals surface area contributed by atoms with Gasteiger partial charge in [-0.3, -0.25) is 9.59 Å². The summed E-state index contributed by atoms with van der Waals surface area (Å²) in [6.07, 6.45) is 0.528. The molecule has 2 aromatic carbocycles. The summed E-state index contributed by atoms with van der Waals surface area (Å²) in [5.74, 6) is -0.351. The zero-order chi connectivity index (χ0) is 18.1. The number of benzene rings is 2. The molecule has 0 spiro atoms. The summed E-state index contributed by atoms with van der Waals surface area (Å²) >= 11 is 0. The Morgan fingerprint density at radius 2 is 1.64 bits per heavy atom. The summed E-state index contributed by atoms with van der Waals surface area (Å²) in [5.41, 5.74) is 1.30. The first-order chi connectivity index (χ1) is 12.1. The average Bonchev–Trinajstić information content (AvgIpc) is 2.62. The van der Waals surface area contributed by atoms with Gasteiger partial charge in [0.2, 0.25) is 11.8 Å². The Hall–Kier alpha value is -2.89. The number of hydrogen-bond acceptors (Lipinski definition) is 3. The van der Waals surface area contributed by atoms with Crippen LogP contribution in [-0.4, -0.2) is 32.0 Å². The minimum Gasteiger partial charge on any atom is -0.496 e. The highest BCUT2D eigenvalue weighted by molar-refractivity contribution is 5.85. The van der Waals surface area contributed by atoms with Gasteiger partial charge in [-0.05, 0) is 29.7 Å². The number of carbonyl (C=O) groups is 2. The highest BCUT2D eigenvalue weighted by Crippen LogP contribution is 2.17. The molecule has 5 nitrogen and oxygen atoms in total. The number of nitrogens with one attached hydrogen (secondary N) is 2. The molecule has 2 rings (SSSR count). The summed E-state index contributed by atoms with van der Waals surface area (Å²) in [7, 11) is 1.60. The summed E-state index contributed by atoms with van der Waals surface area (Å²) in [6.45, 7) is 0.293. The van der Waals surface area contributed by atoms with E-state index in [4.69, 9.17) is 4.74 Å². The maximum atomic E-state index is 13.5. The second-order valence-electron chi connectivity index (χ2n) is 5.46. The molecule has 0 heterocycles. The van der Waals surface area contributed by atoms with Gasteiger partial charge in [-0.25, -0.2) is 4.39 Å². The van der Waals surface area contributed by atoms with Crippen molar-refractivity contribution < 1.29 is 18.7 Å². The summed E-state index contributed by atoms with van der Waals surface area (Å²) < 4.78 is 18.7. The third-order valence-corrected chi connectivity index (χ3v) is 3.66. The van der Waals surface area contributed by atoms with Gasteiger partial charge in [-0.15, -0.1) is 0 Å². The fourth-order valence-electron chi connectivity index (χ4n) is 2.36. The van der Waals surface area contributed by atoms with Gasteiger partial charge in [0.25, 0.3) is 0 Å². The maximum Gasteiger partial charge on any atom is 0.239 e. The number of ether oxygens (including phenoxy) is 1. The van der Waals surface area contributed by atoms with Crippen LogP contribution >= 0.6 is 0 Å². The summed E-state index contributed by atoms with van der Waals surface area (Å²) in [4.78, 5) is 23.6. The molecule has 0 saturated carbocycles. The van der Waals surface area contributed by atoms with Gasteiger partial charge >= 0.3 is 0 Å². The Balaban J connectivity index is 1.70. The van der Waals surface area contributed by atoms with Gasteiger partial charge in [0.05, 0.1) is 20.1 Å². The molecule has 0 radical (unpaired) electrons. The Bertz CT molecular complexity index is 734. The number of halogens is 1. The van der Waals surface area contributed by atoms with Crippen LogP contribution in [0.2, 0.25) is 0 Å². The lowest BCUT2D eigenvalue weighted by atomic mass is 10.1. The lowest BCUT2D eigenvalue weighted by Gasteiger charge is -2.10. The van der Waals surface area contributed by atoms with Crippen LogP contribution in [0.4, 0.5) is 4.39 Å². The molecule has 2 N–H and O–H groups in total. The van der Waals surface area contributed by atoms with Gasteiger partial charge in [0.15, 0.2) is 0 Å². The van der Waals surface area contributed by atoms with Crippen molar-refractivity contribution in [2.24, 2.45) is 0 Å². The molecule has 0 unspecified atom stereocenters. The average molecular weight is 344 g/mol. The van der Waals surface area contributed by atoms with Crippen molar-refractivity contribution in [2.75, 3.05) is 20.2 Å². The predicted octanol–water partition coefficient (Wildman–Crippen LogP) is 1.85. The van der Waals surface area contributed by atoms with Crippen molar-refractivity contribution in [3.63, 3.8) is 0 Å². The lowest BCUT2D eigenvalue weighted by Crippen LogP contribution is -2.38. The van der Waals surface area contributed by atoms with Crippen LogP contribution < -0.4 is 15.4 Å². The first-order valence-corrected chi connectivity index (χ1v) is 7.99. The van der Waals surface area contributed by atoms with Crippen LogP contribution in [-0.2, 0) is 22.4 Å². The van der Waals surface area contributed by atoms with Gasteiger partial charge in [-0.2, -0.15) is 0 Å². The quantitative estimate of drug-likeness (QED) is 0.768. The van der Waals surface area contributed by atoms with E-state index in [9.17, 15) is 14.0 Å². The van der Waals surface area contributed by atoms with E-state index in [0.29, 0.717) is 18.5 Å². The molecule has 0 bridgehead atoms. The van der Waals surface area contributed by atoms with Crippen molar-refractivity contribution in [1.82, 2.24) is 10.6 Å². The van der Waals surface area contributed by atoms with Gasteiger partial charge in [-0.1, -0.05) is 36.4 Å². The number of carbonyl (C=O) groups excluding carboxylic acids is 2. The monoisotopic (exact) mass is 344 g/mol. The number of rotatable bonds is 8. The van der Waals surface area contributed by atoms with E-state index < -0.39 is 11.7 Å². The van der Waals surface area contributed by atoms with E-state index in [2.05, 4.69) is 10.6 Å². The van der Waals surface area contributed by atoms with Crippen LogP contribution in [0, 0.1) is 5.82 Å². The molecule has 2 aromatic rings. The van der Waals surface area contributed by atoms with E-state index in [1.165, 1.54) is 6.07 Å². The smallest absolute Gasteiger partial charge is 0.239 e. The normalized spacial score (nSPS) is 10.2. The van der Waals surface area contributed by atoms with Crippen molar-refractivity contribution >= 4 is 11.8 Å². The third kappa shape index (κ3) is 5.91. The minimum absolute atomic E-state index is 0.0961. The molecule has 132 valence electrons. The number of amides is 2. The second kappa shape index (κ2) is 9.42. The van der Waals surface area contributed by atoms with E-state index >= 15 is 0 Å². The minimum atomic E-state index is -0.432. The van der Waals surface area contributed by atoms with Crippen LogP contribution in [0.15, 0.2) is 48.5 Å². The molecule has 0 atom stereocenters. The standard InChI is InChI=1S/C19H21FN2O3/c1-25-17-9-5-3-6-14(17)10-11-21-19(24)13-22-18(23)12-15-7-2-4-8-16(15)20/h2-9H,10-13H2,1H3,(H,21,24)(H,22,23). The SMILES string of the molecule is COc1ccccc1CCNC(=O)CNC(=O)Cc1ccccc1F. The Morgan fingerprint density at radius 3 is 2.36 bits per heavy atom. The zero-order valence-electron chi connectivity index (χ0n) is 14.0. The zero-order valence-corrected chi connectivity index (χ0v) is 14.0. The molecule has 0 aliphatic heterocycles. The maximum absolute atomic E-state index is 13.5. The Kier molecular flexibility index (Phi) is 6.95. The molecular weight excluding hydrogens is 323 g/mol. The van der Waals surface area contributed by atoms with E-state index in [0.717, 1.165) is 11.3 Å². The number of methoxy groups -OCH3 is 1. The van der Waals surface area contributed by atoms with Gasteiger partial charge in [0, 0.05) is 6.54 Å². The van der Waals surface area contributed by atoms with Crippen molar-refractivity contribution in [1.29, 1.82) is 0 Å². The molecule has 0 fully saturated rings. The summed E-state index contributed by atoms with van der Waals surface area (Å²) in [6, 6.07) is 13.6. The van der Waals surface area contributed by atoms with Crippen LogP contribution in [0.3, 0.4) is 0 Å². The lowest BCUT2D eigenvalue weighted by molar-refractivity contribution is -0.125. The van der Waals surface area contributed by atoms with Crippen molar-refractivity contribution in [3.05, 3.63) is 65.5 Å². The first-order valence-electron chi connectivity index (χ1n) is 7.99. The van der Waals surface area contributed by atoms with Crippen molar-refractivity contribution in [3.8, 4) is 5.75 Å². The molecule has 2 amide bonds. The van der Waals surface area contributed by atoms with Gasteiger partial charge in [0.1, 0.15) is 11.6 Å². The van der Waals surface area contributed by atoms with E-state index in [1.807, 2.05) is 24.3 Å². The molecule has 0 aromatic heterocycles. The number of hydrogen-bond donors (Lipinski definition) is 2. The first kappa shape index (κ1) is 18.4. The van der Waals surface area contributed by atoms with Crippen LogP contribution in [0.1, 0.15) is 11.1 Å². The summed E-state index contributed by atoms with van der Waals surface area (Å²) in [5, 5.41) is 5.22. The van der Waals surface area contributed by atoms with E-state index in [-0.39, 0.29) is 18.9 Å². The van der Waals surface area contributed by atoms with Crippen molar-refractivity contribution in [2.45, 2.75) is 12.8 Å². The predicted molar refractivity (Wildman–Crippen MR) is 92.8 cm³/mol.